The molecule has 25 heavy (non-hydrogen) atoms. The van der Waals surface area contributed by atoms with E-state index in [-0.39, 0.29) is 11.9 Å². The summed E-state index contributed by atoms with van der Waals surface area (Å²) in [7, 11) is 2.76. The summed E-state index contributed by atoms with van der Waals surface area (Å²) in [6.07, 6.45) is 5.11. The first-order chi connectivity index (χ1) is 12.2. The van der Waals surface area contributed by atoms with E-state index >= 15 is 0 Å². The van der Waals surface area contributed by atoms with Crippen molar-refractivity contribution in [2.24, 2.45) is 0 Å². The van der Waals surface area contributed by atoms with Crippen LogP contribution in [0.15, 0.2) is 0 Å². The molecule has 0 amide bonds. The molecule has 4 heteroatoms. The second-order valence-corrected chi connectivity index (χ2v) is 4.80. The van der Waals surface area contributed by atoms with Gasteiger partial charge in [0.05, 0.1) is 33.5 Å². The molecule has 0 bridgehead atoms. The smallest absolute Gasteiger partial charge is 0.305 e. The minimum absolute atomic E-state index is 0.203. The van der Waals surface area contributed by atoms with Gasteiger partial charge in [0.1, 0.15) is 0 Å². The second kappa shape index (κ2) is 17.5. The van der Waals surface area contributed by atoms with Crippen LogP contribution in [0.25, 0.3) is 0 Å². The Morgan fingerprint density at radius 3 is 1.24 bits per heavy atom. The lowest BCUT2D eigenvalue weighted by atomic mass is 10.2. The van der Waals surface area contributed by atoms with Crippen molar-refractivity contribution in [3.05, 3.63) is 0 Å². The van der Waals surface area contributed by atoms with Gasteiger partial charge in [0.15, 0.2) is 0 Å². The maximum atomic E-state index is 10.9. The summed E-state index contributed by atoms with van der Waals surface area (Å²) in [6, 6.07) is 0. The van der Waals surface area contributed by atoms with Gasteiger partial charge in [-0.15, -0.1) is 11.8 Å². The van der Waals surface area contributed by atoms with Crippen LogP contribution in [0.4, 0.5) is 0 Å². The Morgan fingerprint density at radius 1 is 0.600 bits per heavy atom. The molecule has 0 saturated carbocycles. The van der Waals surface area contributed by atoms with Gasteiger partial charge in [-0.05, 0) is 12.8 Å². The lowest BCUT2D eigenvalue weighted by Gasteiger charge is -1.93. The van der Waals surface area contributed by atoms with Crippen molar-refractivity contribution in [3.63, 3.8) is 0 Å². The van der Waals surface area contributed by atoms with Gasteiger partial charge in [-0.1, -0.05) is 35.5 Å². The monoisotopic (exact) mass is 340 g/mol. The Kier molecular flexibility index (Phi) is 15.6. The Hall–Kier alpha value is -2.82. The summed E-state index contributed by atoms with van der Waals surface area (Å²) in [5, 5.41) is 0. The molecule has 0 radical (unpaired) electrons. The van der Waals surface area contributed by atoms with Gasteiger partial charge in [0.25, 0.3) is 0 Å². The first-order valence-corrected chi connectivity index (χ1v) is 8.17. The predicted octanol–water partition coefficient (Wildman–Crippen LogP) is 2.86. The fourth-order valence-electron chi connectivity index (χ4n) is 1.53. The van der Waals surface area contributed by atoms with E-state index < -0.39 is 0 Å². The van der Waals surface area contributed by atoms with Crippen LogP contribution in [-0.4, -0.2) is 26.2 Å². The normalized spacial score (nSPS) is 8.08. The molecule has 0 aromatic carbocycles. The molecule has 0 aromatic heterocycles. The number of methoxy groups -OCH3 is 2. The third kappa shape index (κ3) is 17.4. The predicted molar refractivity (Wildman–Crippen MR) is 96.7 cm³/mol. The molecule has 0 fully saturated rings. The highest BCUT2D eigenvalue weighted by Gasteiger charge is 1.97. The zero-order chi connectivity index (χ0) is 18.6. The van der Waals surface area contributed by atoms with Crippen molar-refractivity contribution in [3.8, 4) is 47.4 Å². The zero-order valence-electron chi connectivity index (χ0n) is 15.0. The van der Waals surface area contributed by atoms with Crippen molar-refractivity contribution in [1.82, 2.24) is 0 Å². The van der Waals surface area contributed by atoms with E-state index in [4.69, 9.17) is 0 Å². The van der Waals surface area contributed by atoms with E-state index in [1.54, 1.807) is 0 Å². The zero-order valence-corrected chi connectivity index (χ0v) is 15.0. The number of hydrogen-bond acceptors (Lipinski definition) is 4. The molecule has 0 aliphatic heterocycles. The lowest BCUT2D eigenvalue weighted by Crippen LogP contribution is -1.98. The quantitative estimate of drug-likeness (QED) is 0.424. The van der Waals surface area contributed by atoms with E-state index in [2.05, 4.69) is 56.8 Å². The molecule has 0 aliphatic carbocycles. The minimum Gasteiger partial charge on any atom is -0.469 e. The Labute approximate surface area is 151 Å². The van der Waals surface area contributed by atoms with Gasteiger partial charge in [-0.3, -0.25) is 9.59 Å². The molecular formula is C21H24O4. The highest BCUT2D eigenvalue weighted by atomic mass is 16.5. The summed E-state index contributed by atoms with van der Waals surface area (Å²) in [5.41, 5.74) is 0. The van der Waals surface area contributed by atoms with E-state index in [0.29, 0.717) is 57.8 Å². The van der Waals surface area contributed by atoms with Gasteiger partial charge in [-0.2, -0.15) is 0 Å². The molecular weight excluding hydrogens is 316 g/mol. The van der Waals surface area contributed by atoms with Gasteiger partial charge in [-0.25, -0.2) is 0 Å². The van der Waals surface area contributed by atoms with Crippen LogP contribution in [0.2, 0.25) is 0 Å². The average molecular weight is 340 g/mol. The van der Waals surface area contributed by atoms with E-state index in [0.717, 1.165) is 0 Å². The van der Waals surface area contributed by atoms with Crippen LogP contribution >= 0.6 is 0 Å². The number of carbonyl (C=O) groups is 2. The van der Waals surface area contributed by atoms with Gasteiger partial charge in [0.2, 0.25) is 0 Å². The molecule has 0 unspecified atom stereocenters. The molecule has 132 valence electrons. The molecule has 0 spiro atoms. The molecule has 0 aromatic rings. The van der Waals surface area contributed by atoms with Crippen molar-refractivity contribution in [1.29, 1.82) is 0 Å². The highest BCUT2D eigenvalue weighted by Crippen LogP contribution is 1.96. The molecule has 0 rings (SSSR count). The van der Waals surface area contributed by atoms with Crippen molar-refractivity contribution < 1.29 is 19.1 Å². The first-order valence-electron chi connectivity index (χ1n) is 8.17. The largest absolute Gasteiger partial charge is 0.469 e. The maximum Gasteiger partial charge on any atom is 0.305 e. The highest BCUT2D eigenvalue weighted by molar-refractivity contribution is 5.69. The standard InChI is InChI=1S/C21H24O4/c1-24-20(22)18-16-14-12-10-8-6-4-3-5-7-9-11-13-15-17-19-21(23)25-2/h3,8-9,14-19H2,1-2H3. The van der Waals surface area contributed by atoms with Crippen LogP contribution in [0, 0.1) is 47.4 Å². The number of carbonyl (C=O) groups excluding carboxylic acids is 2. The maximum absolute atomic E-state index is 10.9. The average Bonchev–Trinajstić information content (AvgIpc) is 2.63. The van der Waals surface area contributed by atoms with E-state index in [1.165, 1.54) is 14.2 Å². The number of esters is 2. The number of rotatable bonds is 6. The number of hydrogen-bond donors (Lipinski definition) is 0. The van der Waals surface area contributed by atoms with Crippen LogP contribution in [-0.2, 0) is 19.1 Å². The van der Waals surface area contributed by atoms with Gasteiger partial charge < -0.3 is 9.47 Å². The Balaban J connectivity index is 3.64. The number of ether oxygens (including phenoxy) is 2. The molecule has 0 atom stereocenters. The van der Waals surface area contributed by atoms with Gasteiger partial charge >= 0.3 is 11.9 Å². The van der Waals surface area contributed by atoms with Crippen LogP contribution in [0.1, 0.15) is 57.8 Å². The topological polar surface area (TPSA) is 52.6 Å². The van der Waals surface area contributed by atoms with E-state index in [9.17, 15) is 9.59 Å². The molecule has 0 N–H and O–H groups in total. The number of unbranched alkanes of at least 4 members (excludes halogenated alkanes) is 2. The van der Waals surface area contributed by atoms with Crippen LogP contribution in [0.3, 0.4) is 0 Å². The van der Waals surface area contributed by atoms with Crippen molar-refractivity contribution in [2.45, 2.75) is 57.8 Å². The van der Waals surface area contributed by atoms with Gasteiger partial charge in [0, 0.05) is 25.7 Å². The molecule has 4 nitrogen and oxygen atoms in total. The minimum atomic E-state index is -0.203. The second-order valence-electron chi connectivity index (χ2n) is 4.80. The summed E-state index contributed by atoms with van der Waals surface area (Å²) in [6.45, 7) is 0. The first kappa shape index (κ1) is 22.2. The fraction of sp³-hybridized carbons (Fsp3) is 0.524. The molecule has 0 saturated heterocycles. The third-order valence-corrected chi connectivity index (χ3v) is 2.85. The Morgan fingerprint density at radius 2 is 0.920 bits per heavy atom. The van der Waals surface area contributed by atoms with Crippen LogP contribution < -0.4 is 0 Å². The molecule has 0 aliphatic rings. The summed E-state index contributed by atoms with van der Waals surface area (Å²) in [4.78, 5) is 21.7. The van der Waals surface area contributed by atoms with Crippen LogP contribution in [0.5, 0.6) is 0 Å². The summed E-state index contributed by atoms with van der Waals surface area (Å²) >= 11 is 0. The fourth-order valence-corrected chi connectivity index (χ4v) is 1.53. The summed E-state index contributed by atoms with van der Waals surface area (Å²) in [5.74, 6) is 23.1. The van der Waals surface area contributed by atoms with Crippen molar-refractivity contribution in [2.75, 3.05) is 14.2 Å². The van der Waals surface area contributed by atoms with Crippen molar-refractivity contribution >= 4 is 11.9 Å². The SMILES string of the molecule is COC(=O)CCCC#CCC#CCC#CCC#CCCCC(=O)OC. The summed E-state index contributed by atoms with van der Waals surface area (Å²) < 4.78 is 9.08. The lowest BCUT2D eigenvalue weighted by molar-refractivity contribution is -0.141. The third-order valence-electron chi connectivity index (χ3n) is 2.85. The molecule has 0 heterocycles. The Bertz CT molecular complexity index is 587. The van der Waals surface area contributed by atoms with E-state index in [1.807, 2.05) is 0 Å².